The van der Waals surface area contributed by atoms with Gasteiger partial charge in [-0.25, -0.2) is 0 Å². The van der Waals surface area contributed by atoms with Crippen LogP contribution in [0.1, 0.15) is 43.7 Å². The van der Waals surface area contributed by atoms with Gasteiger partial charge in [0.1, 0.15) is 5.75 Å². The Morgan fingerprint density at radius 1 is 1.47 bits per heavy atom. The van der Waals surface area contributed by atoms with Gasteiger partial charge in [0.05, 0.1) is 6.20 Å². The lowest BCUT2D eigenvalue weighted by Crippen LogP contribution is -2.44. The minimum Gasteiger partial charge on any atom is -0.506 e. The molecule has 1 aromatic rings. The Kier molecular flexibility index (Phi) is 2.42. The summed E-state index contributed by atoms with van der Waals surface area (Å²) >= 11 is 0. The number of aromatic nitrogens is 1. The van der Waals surface area contributed by atoms with E-state index in [0.717, 1.165) is 29.4 Å². The average molecular weight is 231 g/mol. The summed E-state index contributed by atoms with van der Waals surface area (Å²) < 4.78 is 0. The maximum Gasteiger partial charge on any atom is 0.137 e. The van der Waals surface area contributed by atoms with E-state index in [9.17, 15) is 5.11 Å². The number of nitrogens with zero attached hydrogens (tertiary/aromatic N) is 1. The maximum atomic E-state index is 9.98. The van der Waals surface area contributed by atoms with Gasteiger partial charge in [-0.1, -0.05) is 13.3 Å². The summed E-state index contributed by atoms with van der Waals surface area (Å²) in [6.07, 6.45) is 9.99. The summed E-state index contributed by atoms with van der Waals surface area (Å²) in [6.45, 7) is 4.44. The molecular formula is C15H21NO. The Hall–Kier alpha value is -1.05. The molecule has 3 atom stereocenters. The van der Waals surface area contributed by atoms with E-state index in [1.54, 1.807) is 6.20 Å². The molecule has 1 heterocycles. The van der Waals surface area contributed by atoms with Crippen molar-refractivity contribution in [3.05, 3.63) is 23.5 Å². The van der Waals surface area contributed by atoms with Crippen LogP contribution < -0.4 is 0 Å². The monoisotopic (exact) mass is 231 g/mol. The average Bonchev–Trinajstić information content (AvgIpc) is 2.61. The molecule has 0 spiro atoms. The molecule has 0 amide bonds. The molecule has 2 aliphatic carbocycles. The molecule has 0 saturated heterocycles. The van der Waals surface area contributed by atoms with Crippen molar-refractivity contribution in [3.63, 3.8) is 0 Å². The zero-order valence-electron chi connectivity index (χ0n) is 10.7. The van der Waals surface area contributed by atoms with Crippen molar-refractivity contribution >= 4 is 0 Å². The molecular weight excluding hydrogens is 210 g/mol. The minimum atomic E-state index is 0.393. The van der Waals surface area contributed by atoms with Crippen molar-refractivity contribution in [1.29, 1.82) is 0 Å². The van der Waals surface area contributed by atoms with Crippen molar-refractivity contribution in [2.45, 2.75) is 46.0 Å². The van der Waals surface area contributed by atoms with E-state index in [1.807, 2.05) is 6.20 Å². The lowest BCUT2D eigenvalue weighted by atomic mass is 9.54. The number of fused-ring (bicyclic) bond motifs is 1. The van der Waals surface area contributed by atoms with E-state index >= 15 is 0 Å². The van der Waals surface area contributed by atoms with Gasteiger partial charge in [0.25, 0.3) is 0 Å². The third-order valence-corrected chi connectivity index (χ3v) is 5.17. The van der Waals surface area contributed by atoms with E-state index in [2.05, 4.69) is 18.8 Å². The summed E-state index contributed by atoms with van der Waals surface area (Å²) in [5.41, 5.74) is 2.78. The SMILES string of the molecule is Cc1cncc(O)c1CC12CCCC1C(C)C2. The highest BCUT2D eigenvalue weighted by atomic mass is 16.3. The van der Waals surface area contributed by atoms with E-state index in [1.165, 1.54) is 25.7 Å². The molecule has 1 N–H and O–H groups in total. The second-order valence-corrected chi connectivity index (χ2v) is 6.17. The summed E-state index contributed by atoms with van der Waals surface area (Å²) in [4.78, 5) is 4.04. The molecule has 0 bridgehead atoms. The molecule has 0 aliphatic heterocycles. The van der Waals surface area contributed by atoms with Crippen LogP contribution in [-0.2, 0) is 6.42 Å². The van der Waals surface area contributed by atoms with Crippen LogP contribution in [0, 0.1) is 24.2 Å². The smallest absolute Gasteiger partial charge is 0.137 e. The van der Waals surface area contributed by atoms with Gasteiger partial charge in [0, 0.05) is 11.8 Å². The first-order valence-corrected chi connectivity index (χ1v) is 6.75. The van der Waals surface area contributed by atoms with Gasteiger partial charge in [-0.2, -0.15) is 0 Å². The van der Waals surface area contributed by atoms with Crippen molar-refractivity contribution in [2.24, 2.45) is 17.3 Å². The van der Waals surface area contributed by atoms with Gasteiger partial charge >= 0.3 is 0 Å². The van der Waals surface area contributed by atoms with Gasteiger partial charge in [0.15, 0.2) is 0 Å². The summed E-state index contributed by atoms with van der Waals surface area (Å²) in [6, 6.07) is 0. The van der Waals surface area contributed by atoms with Crippen molar-refractivity contribution in [3.8, 4) is 5.75 Å². The van der Waals surface area contributed by atoms with E-state index < -0.39 is 0 Å². The quantitative estimate of drug-likeness (QED) is 0.845. The van der Waals surface area contributed by atoms with Crippen LogP contribution in [0.25, 0.3) is 0 Å². The fraction of sp³-hybridized carbons (Fsp3) is 0.667. The number of pyridine rings is 1. The maximum absolute atomic E-state index is 9.98. The highest BCUT2D eigenvalue weighted by Crippen LogP contribution is 2.62. The molecule has 3 unspecified atom stereocenters. The van der Waals surface area contributed by atoms with Gasteiger partial charge in [-0.3, -0.25) is 4.98 Å². The third-order valence-electron chi connectivity index (χ3n) is 5.17. The van der Waals surface area contributed by atoms with Gasteiger partial charge in [-0.15, -0.1) is 0 Å². The van der Waals surface area contributed by atoms with Crippen LogP contribution in [0.15, 0.2) is 12.4 Å². The molecule has 92 valence electrons. The van der Waals surface area contributed by atoms with Crippen molar-refractivity contribution < 1.29 is 5.11 Å². The van der Waals surface area contributed by atoms with Crippen LogP contribution in [-0.4, -0.2) is 10.1 Å². The summed E-state index contributed by atoms with van der Waals surface area (Å²) in [7, 11) is 0. The molecule has 2 nitrogen and oxygen atoms in total. The number of aryl methyl sites for hydroxylation is 1. The lowest BCUT2D eigenvalue weighted by molar-refractivity contribution is -0.00397. The zero-order chi connectivity index (χ0) is 12.0. The standard InChI is InChI=1S/C15H21NO/c1-10-6-15(5-3-4-13(10)15)7-12-11(2)8-16-9-14(12)17/h8-10,13,17H,3-7H2,1-2H3. The first kappa shape index (κ1) is 11.1. The van der Waals surface area contributed by atoms with Crippen LogP contribution in [0.5, 0.6) is 5.75 Å². The van der Waals surface area contributed by atoms with E-state index in [-0.39, 0.29) is 0 Å². The predicted octanol–water partition coefficient (Wildman–Crippen LogP) is 3.46. The Morgan fingerprint density at radius 2 is 2.29 bits per heavy atom. The third kappa shape index (κ3) is 1.57. The zero-order valence-corrected chi connectivity index (χ0v) is 10.7. The van der Waals surface area contributed by atoms with E-state index in [0.29, 0.717) is 11.2 Å². The Balaban J connectivity index is 1.88. The van der Waals surface area contributed by atoms with Gasteiger partial charge in [-0.05, 0) is 55.4 Å². The minimum absolute atomic E-state index is 0.393. The lowest BCUT2D eigenvalue weighted by Gasteiger charge is -2.51. The second-order valence-electron chi connectivity index (χ2n) is 6.17. The molecule has 1 aromatic heterocycles. The first-order valence-electron chi connectivity index (χ1n) is 6.75. The Labute approximate surface area is 103 Å². The highest BCUT2D eigenvalue weighted by molar-refractivity contribution is 5.37. The molecule has 0 aromatic carbocycles. The predicted molar refractivity (Wildman–Crippen MR) is 67.9 cm³/mol. The van der Waals surface area contributed by atoms with Crippen LogP contribution in [0.2, 0.25) is 0 Å². The summed E-state index contributed by atoms with van der Waals surface area (Å²) in [5.74, 6) is 2.18. The van der Waals surface area contributed by atoms with Crippen LogP contribution in [0.3, 0.4) is 0 Å². The van der Waals surface area contributed by atoms with Crippen molar-refractivity contribution in [2.75, 3.05) is 0 Å². The number of hydrogen-bond donors (Lipinski definition) is 1. The van der Waals surface area contributed by atoms with Crippen LogP contribution >= 0.6 is 0 Å². The Morgan fingerprint density at radius 3 is 3.00 bits per heavy atom. The fourth-order valence-corrected chi connectivity index (χ4v) is 4.38. The molecule has 2 heteroatoms. The fourth-order valence-electron chi connectivity index (χ4n) is 4.38. The second kappa shape index (κ2) is 3.72. The molecule has 2 aliphatic rings. The first-order chi connectivity index (χ1) is 8.12. The Bertz CT molecular complexity index is 422. The topological polar surface area (TPSA) is 33.1 Å². The van der Waals surface area contributed by atoms with Crippen molar-refractivity contribution in [1.82, 2.24) is 4.98 Å². The molecule has 0 radical (unpaired) electrons. The molecule has 2 saturated carbocycles. The van der Waals surface area contributed by atoms with E-state index in [4.69, 9.17) is 0 Å². The largest absolute Gasteiger partial charge is 0.506 e. The normalized spacial score (nSPS) is 35.4. The van der Waals surface area contributed by atoms with Crippen LogP contribution in [0.4, 0.5) is 0 Å². The number of rotatable bonds is 2. The number of hydrogen-bond acceptors (Lipinski definition) is 2. The molecule has 3 rings (SSSR count). The molecule has 2 fully saturated rings. The molecule has 17 heavy (non-hydrogen) atoms. The van der Waals surface area contributed by atoms with Gasteiger partial charge < -0.3 is 5.11 Å². The number of aromatic hydroxyl groups is 1. The highest BCUT2D eigenvalue weighted by Gasteiger charge is 2.54. The summed E-state index contributed by atoms with van der Waals surface area (Å²) in [5, 5.41) is 9.98. The van der Waals surface area contributed by atoms with Gasteiger partial charge in [0.2, 0.25) is 0 Å².